The van der Waals surface area contributed by atoms with Gasteiger partial charge in [-0.15, -0.1) is 0 Å². The predicted molar refractivity (Wildman–Crippen MR) is 118 cm³/mol. The fourth-order valence-electron chi connectivity index (χ4n) is 4.77. The molecule has 2 aliphatic heterocycles. The normalized spacial score (nSPS) is 25.4. The number of benzene rings is 1. The maximum absolute atomic E-state index is 6.62. The number of hydrogen-bond acceptors (Lipinski definition) is 4. The Kier molecular flexibility index (Phi) is 5.99. The molecule has 0 amide bonds. The molecule has 1 aromatic heterocycles. The van der Waals surface area contributed by atoms with E-state index in [0.717, 1.165) is 49.5 Å². The molecule has 0 radical (unpaired) electrons. The third-order valence-corrected chi connectivity index (χ3v) is 6.53. The quantitative estimate of drug-likeness (QED) is 0.787. The van der Waals surface area contributed by atoms with Crippen LogP contribution in [0.2, 0.25) is 5.02 Å². The van der Waals surface area contributed by atoms with Crippen molar-refractivity contribution < 1.29 is 4.74 Å². The van der Waals surface area contributed by atoms with Gasteiger partial charge in [-0.05, 0) is 89.0 Å². The van der Waals surface area contributed by atoms with Crippen LogP contribution >= 0.6 is 11.6 Å². The van der Waals surface area contributed by atoms with Crippen LogP contribution in [0.5, 0.6) is 0 Å². The van der Waals surface area contributed by atoms with Gasteiger partial charge in [0.2, 0.25) is 0 Å². The fourth-order valence-corrected chi connectivity index (χ4v) is 4.98. The van der Waals surface area contributed by atoms with Crippen LogP contribution in [-0.2, 0) is 23.3 Å². The minimum atomic E-state index is -0.504. The van der Waals surface area contributed by atoms with Crippen molar-refractivity contribution >= 4 is 11.6 Å². The minimum Gasteiger partial charge on any atom is -0.352 e. The number of aryl methyl sites for hydroxylation is 2. The van der Waals surface area contributed by atoms with Gasteiger partial charge in [-0.25, -0.2) is 0 Å². The van der Waals surface area contributed by atoms with Crippen LogP contribution in [-0.4, -0.2) is 42.2 Å². The predicted octanol–water partition coefficient (Wildman–Crippen LogP) is 4.41. The summed E-state index contributed by atoms with van der Waals surface area (Å²) in [6, 6.07) is 12.4. The zero-order valence-corrected chi connectivity index (χ0v) is 18.5. The number of rotatable bonds is 5. The van der Waals surface area contributed by atoms with Crippen LogP contribution in [0, 0.1) is 5.92 Å². The summed E-state index contributed by atoms with van der Waals surface area (Å²) in [6.07, 6.45) is 5.99. The van der Waals surface area contributed by atoms with Crippen molar-refractivity contribution in [3.05, 3.63) is 64.4 Å². The molecule has 0 bridgehead atoms. The molecule has 29 heavy (non-hydrogen) atoms. The second-order valence-electron chi connectivity index (χ2n) is 9.25. The van der Waals surface area contributed by atoms with E-state index in [2.05, 4.69) is 49.3 Å². The number of hydrogen-bond donors (Lipinski definition) is 1. The van der Waals surface area contributed by atoms with Gasteiger partial charge in [-0.1, -0.05) is 29.8 Å². The van der Waals surface area contributed by atoms with Crippen LogP contribution < -0.4 is 5.32 Å². The van der Waals surface area contributed by atoms with Crippen molar-refractivity contribution in [3.8, 4) is 0 Å². The molecular weight excluding hydrogens is 382 g/mol. The van der Waals surface area contributed by atoms with E-state index in [1.165, 1.54) is 11.1 Å². The summed E-state index contributed by atoms with van der Waals surface area (Å²) in [4.78, 5) is 7.30. The van der Waals surface area contributed by atoms with Crippen LogP contribution in [0.3, 0.4) is 0 Å². The summed E-state index contributed by atoms with van der Waals surface area (Å²) in [7, 11) is 2.20. The molecule has 5 heteroatoms. The van der Waals surface area contributed by atoms with Gasteiger partial charge in [0.25, 0.3) is 0 Å². The molecule has 1 N–H and O–H groups in total. The topological polar surface area (TPSA) is 37.4 Å². The molecule has 0 saturated carbocycles. The smallest absolute Gasteiger partial charge is 0.165 e. The van der Waals surface area contributed by atoms with Crippen LogP contribution in [0.15, 0.2) is 42.6 Å². The van der Waals surface area contributed by atoms with Crippen LogP contribution in [0.4, 0.5) is 0 Å². The SMILES string of the molecule is CN1CCC(C2(c3ncccc3CCc3cccc(Cl)c3)NC(C)(C)CO2)CC1. The molecule has 3 heterocycles. The number of nitrogens with zero attached hydrogens (tertiary/aromatic N) is 2. The Balaban J connectivity index is 1.65. The van der Waals surface area contributed by atoms with Crippen molar-refractivity contribution in [2.45, 2.75) is 50.8 Å². The molecule has 0 aliphatic carbocycles. The average Bonchev–Trinajstić information content (AvgIpc) is 3.04. The molecule has 0 spiro atoms. The van der Waals surface area contributed by atoms with E-state index < -0.39 is 5.72 Å². The monoisotopic (exact) mass is 413 g/mol. The molecule has 1 unspecified atom stereocenters. The number of pyridine rings is 1. The molecule has 2 aromatic rings. The van der Waals surface area contributed by atoms with Gasteiger partial charge >= 0.3 is 0 Å². The Morgan fingerprint density at radius 1 is 1.17 bits per heavy atom. The number of likely N-dealkylation sites (tertiary alicyclic amines) is 1. The van der Waals surface area contributed by atoms with E-state index >= 15 is 0 Å². The zero-order chi connectivity index (χ0) is 20.5. The number of halogens is 1. The lowest BCUT2D eigenvalue weighted by Crippen LogP contribution is -2.54. The fraction of sp³-hybridized carbons (Fsp3) is 0.542. The van der Waals surface area contributed by atoms with E-state index in [4.69, 9.17) is 21.3 Å². The zero-order valence-electron chi connectivity index (χ0n) is 17.7. The minimum absolute atomic E-state index is 0.0644. The molecule has 2 aliphatic rings. The van der Waals surface area contributed by atoms with E-state index in [-0.39, 0.29) is 5.54 Å². The van der Waals surface area contributed by atoms with Crippen molar-refractivity contribution in [1.82, 2.24) is 15.2 Å². The van der Waals surface area contributed by atoms with Crippen molar-refractivity contribution in [2.24, 2.45) is 5.92 Å². The molecule has 1 atom stereocenters. The molecule has 156 valence electrons. The Morgan fingerprint density at radius 3 is 2.66 bits per heavy atom. The number of nitrogens with one attached hydrogen (secondary N) is 1. The van der Waals surface area contributed by atoms with Gasteiger partial charge in [-0.2, -0.15) is 0 Å². The van der Waals surface area contributed by atoms with E-state index in [1.807, 2.05) is 24.4 Å². The van der Waals surface area contributed by atoms with Crippen molar-refractivity contribution in [2.75, 3.05) is 26.7 Å². The third kappa shape index (κ3) is 4.51. The van der Waals surface area contributed by atoms with E-state index in [0.29, 0.717) is 12.5 Å². The highest BCUT2D eigenvalue weighted by molar-refractivity contribution is 6.30. The summed E-state index contributed by atoms with van der Waals surface area (Å²) in [6.45, 7) is 7.34. The van der Waals surface area contributed by atoms with Gasteiger partial charge in [-0.3, -0.25) is 10.3 Å². The Hall–Kier alpha value is -1.46. The van der Waals surface area contributed by atoms with Crippen molar-refractivity contribution in [3.63, 3.8) is 0 Å². The molecule has 4 nitrogen and oxygen atoms in total. The number of piperidine rings is 1. The lowest BCUT2D eigenvalue weighted by molar-refractivity contribution is -0.0848. The molecule has 2 saturated heterocycles. The molecule has 1 aromatic carbocycles. The second-order valence-corrected chi connectivity index (χ2v) is 9.69. The number of aromatic nitrogens is 1. The molecular formula is C24H32ClN3O. The van der Waals surface area contributed by atoms with Gasteiger partial charge in [0.15, 0.2) is 5.72 Å². The van der Waals surface area contributed by atoms with Gasteiger partial charge in [0.1, 0.15) is 0 Å². The summed E-state index contributed by atoms with van der Waals surface area (Å²) < 4.78 is 6.62. The Morgan fingerprint density at radius 2 is 1.97 bits per heavy atom. The highest BCUT2D eigenvalue weighted by Crippen LogP contribution is 2.43. The average molecular weight is 414 g/mol. The maximum Gasteiger partial charge on any atom is 0.165 e. The highest BCUT2D eigenvalue weighted by atomic mass is 35.5. The van der Waals surface area contributed by atoms with Crippen molar-refractivity contribution in [1.29, 1.82) is 0 Å². The lowest BCUT2D eigenvalue weighted by atomic mass is 9.81. The van der Waals surface area contributed by atoms with Gasteiger partial charge in [0.05, 0.1) is 12.3 Å². The largest absolute Gasteiger partial charge is 0.352 e. The first-order chi connectivity index (χ1) is 13.9. The summed E-state index contributed by atoms with van der Waals surface area (Å²) >= 11 is 6.18. The van der Waals surface area contributed by atoms with E-state index in [1.54, 1.807) is 0 Å². The van der Waals surface area contributed by atoms with Gasteiger partial charge < -0.3 is 9.64 Å². The van der Waals surface area contributed by atoms with Gasteiger partial charge in [0, 0.05) is 22.7 Å². The first kappa shape index (κ1) is 20.8. The summed E-state index contributed by atoms with van der Waals surface area (Å²) in [5.41, 5.74) is 3.01. The molecule has 2 fully saturated rings. The lowest BCUT2D eigenvalue weighted by Gasteiger charge is -2.42. The maximum atomic E-state index is 6.62. The second kappa shape index (κ2) is 8.35. The Bertz CT molecular complexity index is 848. The third-order valence-electron chi connectivity index (χ3n) is 6.29. The Labute approximate surface area is 179 Å². The van der Waals surface area contributed by atoms with E-state index in [9.17, 15) is 0 Å². The standard InChI is InChI=1S/C24H32ClN3O/c1-23(2)17-29-24(27-23,20-11-14-28(3)15-12-20)22-19(7-5-13-26-22)10-9-18-6-4-8-21(25)16-18/h4-8,13,16,20,27H,9-12,14-15,17H2,1-3H3. The highest BCUT2D eigenvalue weighted by Gasteiger charge is 2.52. The van der Waals surface area contributed by atoms with Crippen LogP contribution in [0.25, 0.3) is 0 Å². The molecule has 4 rings (SSSR count). The summed E-state index contributed by atoms with van der Waals surface area (Å²) in [5.74, 6) is 0.417. The summed E-state index contributed by atoms with van der Waals surface area (Å²) in [5, 5.41) is 4.66. The van der Waals surface area contributed by atoms with Crippen LogP contribution in [0.1, 0.15) is 43.5 Å². The first-order valence-corrected chi connectivity index (χ1v) is 11.1. The number of ether oxygens (including phenoxy) is 1. The first-order valence-electron chi connectivity index (χ1n) is 10.7.